The van der Waals surface area contributed by atoms with Crippen LogP contribution in [0.4, 0.5) is 0 Å². The number of carbonyl (C=O) groups is 1. The second kappa shape index (κ2) is 9.91. The third-order valence-corrected chi connectivity index (χ3v) is 5.69. The van der Waals surface area contributed by atoms with E-state index in [0.717, 1.165) is 30.7 Å². The summed E-state index contributed by atoms with van der Waals surface area (Å²) < 4.78 is 0. The lowest BCUT2D eigenvalue weighted by atomic mass is 9.81. The summed E-state index contributed by atoms with van der Waals surface area (Å²) in [6.45, 7) is 4.24. The van der Waals surface area contributed by atoms with Crippen LogP contribution in [0.15, 0.2) is 0 Å². The van der Waals surface area contributed by atoms with Gasteiger partial charge in [0.15, 0.2) is 0 Å². The van der Waals surface area contributed by atoms with Crippen molar-refractivity contribution in [1.82, 2.24) is 10.6 Å². The van der Waals surface area contributed by atoms with Crippen LogP contribution in [0.3, 0.4) is 0 Å². The molecule has 3 nitrogen and oxygen atoms in total. The molecule has 0 radical (unpaired) electrons. The van der Waals surface area contributed by atoms with E-state index in [1.165, 1.54) is 37.9 Å². The first-order chi connectivity index (χ1) is 9.28. The lowest BCUT2D eigenvalue weighted by molar-refractivity contribution is -0.121. The van der Waals surface area contributed by atoms with Gasteiger partial charge in [-0.05, 0) is 24.7 Å². The summed E-state index contributed by atoms with van der Waals surface area (Å²) in [4.78, 5) is 11.9. The van der Waals surface area contributed by atoms with Gasteiger partial charge in [-0.25, -0.2) is 0 Å². The van der Waals surface area contributed by atoms with Crippen LogP contribution in [-0.4, -0.2) is 36.5 Å². The number of hydrogen-bond acceptors (Lipinski definition) is 3. The monoisotopic (exact) mass is 320 g/mol. The number of amides is 1. The Labute approximate surface area is 133 Å². The van der Waals surface area contributed by atoms with Crippen molar-refractivity contribution in [2.75, 3.05) is 24.6 Å². The first-order valence-electron chi connectivity index (χ1n) is 7.85. The molecule has 1 atom stereocenters. The zero-order valence-electron chi connectivity index (χ0n) is 12.5. The molecule has 1 saturated carbocycles. The van der Waals surface area contributed by atoms with E-state index in [4.69, 9.17) is 0 Å². The highest BCUT2D eigenvalue weighted by atomic mass is 35.5. The van der Waals surface area contributed by atoms with Gasteiger partial charge in [-0.15, -0.1) is 12.4 Å². The highest BCUT2D eigenvalue weighted by Gasteiger charge is 2.21. The summed E-state index contributed by atoms with van der Waals surface area (Å²) in [7, 11) is 0. The van der Waals surface area contributed by atoms with Crippen LogP contribution in [0.5, 0.6) is 0 Å². The first kappa shape index (κ1) is 18.1. The van der Waals surface area contributed by atoms with E-state index in [-0.39, 0.29) is 18.3 Å². The molecular formula is C15H29ClN2OS. The number of halogens is 1. The molecular weight excluding hydrogens is 292 g/mol. The molecule has 2 N–H and O–H groups in total. The molecule has 1 saturated heterocycles. The van der Waals surface area contributed by atoms with Gasteiger partial charge in [-0.3, -0.25) is 4.79 Å². The van der Waals surface area contributed by atoms with Gasteiger partial charge in [0.25, 0.3) is 0 Å². The molecule has 1 unspecified atom stereocenters. The van der Waals surface area contributed by atoms with Gasteiger partial charge in [0.2, 0.25) is 5.91 Å². The number of hydrogen-bond donors (Lipinski definition) is 2. The Morgan fingerprint density at radius 2 is 1.95 bits per heavy atom. The summed E-state index contributed by atoms with van der Waals surface area (Å²) in [5, 5.41) is 6.56. The molecule has 1 aliphatic carbocycles. The van der Waals surface area contributed by atoms with Gasteiger partial charge in [0.1, 0.15) is 0 Å². The largest absolute Gasteiger partial charge is 0.356 e. The van der Waals surface area contributed by atoms with E-state index >= 15 is 0 Å². The SMILES string of the molecule is CCC1CCC(CNC(=O)CC2CSCCN2)CC1.Cl. The maximum absolute atomic E-state index is 11.9. The standard InChI is InChI=1S/C15H28N2OS.ClH/c1-2-12-3-5-13(6-4-12)10-17-15(18)9-14-11-19-8-7-16-14;/h12-14,16H,2-11H2,1H3,(H,17,18);1H. The molecule has 0 aromatic rings. The lowest BCUT2D eigenvalue weighted by Gasteiger charge is -2.28. The van der Waals surface area contributed by atoms with Crippen molar-refractivity contribution in [3.05, 3.63) is 0 Å². The van der Waals surface area contributed by atoms with Crippen molar-refractivity contribution in [3.63, 3.8) is 0 Å². The molecule has 5 heteroatoms. The average molecular weight is 321 g/mol. The second-order valence-corrected chi connectivity index (χ2v) is 7.18. The summed E-state index contributed by atoms with van der Waals surface area (Å²) in [5.41, 5.74) is 0. The van der Waals surface area contributed by atoms with E-state index in [2.05, 4.69) is 17.6 Å². The third-order valence-electron chi connectivity index (χ3n) is 4.56. The molecule has 1 aliphatic heterocycles. The number of thioether (sulfide) groups is 1. The second-order valence-electron chi connectivity index (χ2n) is 6.03. The minimum absolute atomic E-state index is 0. The van der Waals surface area contributed by atoms with Crippen LogP contribution in [0.1, 0.15) is 45.4 Å². The van der Waals surface area contributed by atoms with E-state index in [1.807, 2.05) is 11.8 Å². The molecule has 1 heterocycles. The Kier molecular flexibility index (Phi) is 8.98. The highest BCUT2D eigenvalue weighted by molar-refractivity contribution is 7.99. The van der Waals surface area contributed by atoms with E-state index in [9.17, 15) is 4.79 Å². The van der Waals surface area contributed by atoms with Crippen molar-refractivity contribution in [1.29, 1.82) is 0 Å². The Hall–Kier alpha value is 0.0700. The normalized spacial score (nSPS) is 30.4. The molecule has 2 aliphatic rings. The van der Waals surface area contributed by atoms with Gasteiger partial charge < -0.3 is 10.6 Å². The van der Waals surface area contributed by atoms with Crippen LogP contribution in [-0.2, 0) is 4.79 Å². The average Bonchev–Trinajstić information content (AvgIpc) is 2.47. The minimum atomic E-state index is 0. The van der Waals surface area contributed by atoms with E-state index in [0.29, 0.717) is 12.5 Å². The Morgan fingerprint density at radius 3 is 2.55 bits per heavy atom. The molecule has 1 amide bonds. The summed E-state index contributed by atoms with van der Waals surface area (Å²) in [6, 6.07) is 0.384. The van der Waals surface area contributed by atoms with Crippen LogP contribution in [0.25, 0.3) is 0 Å². The molecule has 0 aromatic carbocycles. The van der Waals surface area contributed by atoms with Crippen molar-refractivity contribution in [2.45, 2.75) is 51.5 Å². The maximum Gasteiger partial charge on any atom is 0.221 e. The number of rotatable bonds is 5. The molecule has 2 rings (SSSR count). The van der Waals surface area contributed by atoms with Gasteiger partial charge >= 0.3 is 0 Å². The molecule has 20 heavy (non-hydrogen) atoms. The summed E-state index contributed by atoms with van der Waals surface area (Å²) in [5.74, 6) is 4.15. The van der Waals surface area contributed by atoms with Gasteiger partial charge in [0, 0.05) is 37.1 Å². The predicted octanol–water partition coefficient (Wildman–Crippen LogP) is 2.84. The van der Waals surface area contributed by atoms with Crippen molar-refractivity contribution >= 4 is 30.1 Å². The van der Waals surface area contributed by atoms with Crippen molar-refractivity contribution < 1.29 is 4.79 Å². The third kappa shape index (κ3) is 6.23. The van der Waals surface area contributed by atoms with Crippen LogP contribution >= 0.6 is 24.2 Å². The Bertz CT molecular complexity index is 277. The predicted molar refractivity (Wildman–Crippen MR) is 89.7 cm³/mol. The molecule has 0 spiro atoms. The van der Waals surface area contributed by atoms with Crippen LogP contribution in [0, 0.1) is 11.8 Å². The van der Waals surface area contributed by atoms with Crippen LogP contribution < -0.4 is 10.6 Å². The lowest BCUT2D eigenvalue weighted by Crippen LogP contribution is -2.42. The van der Waals surface area contributed by atoms with E-state index in [1.54, 1.807) is 0 Å². The number of nitrogens with one attached hydrogen (secondary N) is 2. The topological polar surface area (TPSA) is 41.1 Å². The molecule has 0 aromatic heterocycles. The highest BCUT2D eigenvalue weighted by Crippen LogP contribution is 2.30. The fraction of sp³-hybridized carbons (Fsp3) is 0.933. The zero-order valence-corrected chi connectivity index (χ0v) is 14.2. The molecule has 0 bridgehead atoms. The van der Waals surface area contributed by atoms with Crippen molar-refractivity contribution in [2.24, 2.45) is 11.8 Å². The van der Waals surface area contributed by atoms with Gasteiger partial charge in [-0.1, -0.05) is 26.2 Å². The minimum Gasteiger partial charge on any atom is -0.356 e. The molecule has 2 fully saturated rings. The Balaban J connectivity index is 0.00000200. The smallest absolute Gasteiger partial charge is 0.221 e. The fourth-order valence-corrected chi connectivity index (χ4v) is 4.10. The summed E-state index contributed by atoms with van der Waals surface area (Å²) >= 11 is 1.95. The van der Waals surface area contributed by atoms with Crippen LogP contribution in [0.2, 0.25) is 0 Å². The Morgan fingerprint density at radius 1 is 1.25 bits per heavy atom. The first-order valence-corrected chi connectivity index (χ1v) is 9.01. The molecule has 118 valence electrons. The summed E-state index contributed by atoms with van der Waals surface area (Å²) in [6.07, 6.45) is 7.30. The van der Waals surface area contributed by atoms with E-state index < -0.39 is 0 Å². The van der Waals surface area contributed by atoms with Crippen molar-refractivity contribution in [3.8, 4) is 0 Å². The number of carbonyl (C=O) groups excluding carboxylic acids is 1. The van der Waals surface area contributed by atoms with Gasteiger partial charge in [0.05, 0.1) is 0 Å². The maximum atomic E-state index is 11.9. The zero-order chi connectivity index (χ0) is 13.5. The fourth-order valence-electron chi connectivity index (χ4n) is 3.15. The van der Waals surface area contributed by atoms with Gasteiger partial charge in [-0.2, -0.15) is 11.8 Å². The quantitative estimate of drug-likeness (QED) is 0.818.